The fourth-order valence-corrected chi connectivity index (χ4v) is 2.73. The number of pyridine rings is 1. The van der Waals surface area contributed by atoms with E-state index in [0.29, 0.717) is 27.4 Å². The lowest BCUT2D eigenvalue weighted by molar-refractivity contribution is 0.0544. The number of hydrogen-bond acceptors (Lipinski definition) is 4. The van der Waals surface area contributed by atoms with Crippen molar-refractivity contribution in [3.63, 3.8) is 0 Å². The summed E-state index contributed by atoms with van der Waals surface area (Å²) in [5, 5.41) is 10.7. The molecule has 25 heavy (non-hydrogen) atoms. The number of nitriles is 1. The third-order valence-electron chi connectivity index (χ3n) is 3.55. The highest BCUT2D eigenvalue weighted by Gasteiger charge is 2.22. The Hall–Kier alpha value is -2.84. The van der Waals surface area contributed by atoms with Gasteiger partial charge in [0.25, 0.3) is 0 Å². The molecule has 2 heterocycles. The van der Waals surface area contributed by atoms with Gasteiger partial charge in [0.2, 0.25) is 0 Å². The number of carbonyl (C=O) groups is 1. The highest BCUT2D eigenvalue weighted by molar-refractivity contribution is 6.31. The summed E-state index contributed by atoms with van der Waals surface area (Å²) in [4.78, 5) is 16.9. The van der Waals surface area contributed by atoms with Crippen LogP contribution in [0.25, 0.3) is 22.2 Å². The number of rotatable bonds is 1. The summed E-state index contributed by atoms with van der Waals surface area (Å²) in [7, 11) is 0. The number of ether oxygens (including phenoxy) is 1. The van der Waals surface area contributed by atoms with Gasteiger partial charge < -0.3 is 4.74 Å². The molecule has 3 aromatic rings. The van der Waals surface area contributed by atoms with E-state index < -0.39 is 11.7 Å². The second kappa shape index (κ2) is 6.23. The topological polar surface area (TPSA) is 67.9 Å². The van der Waals surface area contributed by atoms with Crippen LogP contribution in [0.2, 0.25) is 5.02 Å². The molecule has 0 unspecified atom stereocenters. The van der Waals surface area contributed by atoms with Crippen LogP contribution >= 0.6 is 11.6 Å². The van der Waals surface area contributed by atoms with Gasteiger partial charge >= 0.3 is 6.09 Å². The summed E-state index contributed by atoms with van der Waals surface area (Å²) < 4.78 is 6.81. The molecular formula is C19H16ClN3O2. The van der Waals surface area contributed by atoms with E-state index in [-0.39, 0.29) is 0 Å². The summed E-state index contributed by atoms with van der Waals surface area (Å²) in [6, 6.07) is 10.8. The molecule has 6 heteroatoms. The van der Waals surface area contributed by atoms with Gasteiger partial charge in [-0.25, -0.2) is 14.3 Å². The van der Waals surface area contributed by atoms with Gasteiger partial charge in [-0.2, -0.15) is 5.26 Å². The van der Waals surface area contributed by atoms with Crippen LogP contribution in [0.3, 0.4) is 0 Å². The van der Waals surface area contributed by atoms with E-state index in [9.17, 15) is 10.1 Å². The highest BCUT2D eigenvalue weighted by atomic mass is 35.5. The zero-order valence-corrected chi connectivity index (χ0v) is 14.8. The molecule has 5 nitrogen and oxygen atoms in total. The Morgan fingerprint density at radius 1 is 1.28 bits per heavy atom. The van der Waals surface area contributed by atoms with Crippen LogP contribution in [0.5, 0.6) is 0 Å². The normalized spacial score (nSPS) is 11.3. The van der Waals surface area contributed by atoms with Gasteiger partial charge in [0.05, 0.1) is 11.6 Å². The minimum atomic E-state index is -0.628. The first-order valence-electron chi connectivity index (χ1n) is 7.69. The summed E-state index contributed by atoms with van der Waals surface area (Å²) in [5.41, 5.74) is 1.66. The maximum atomic E-state index is 12.6. The molecule has 0 saturated heterocycles. The molecule has 0 radical (unpaired) electrons. The van der Waals surface area contributed by atoms with E-state index in [0.717, 1.165) is 5.39 Å². The quantitative estimate of drug-likeness (QED) is 0.616. The van der Waals surface area contributed by atoms with Crippen molar-refractivity contribution < 1.29 is 9.53 Å². The number of fused-ring (bicyclic) bond motifs is 1. The van der Waals surface area contributed by atoms with Gasteiger partial charge in [0.15, 0.2) is 0 Å². The number of hydrogen-bond donors (Lipinski definition) is 0. The van der Waals surface area contributed by atoms with Crippen LogP contribution in [0.4, 0.5) is 4.79 Å². The molecular weight excluding hydrogens is 338 g/mol. The van der Waals surface area contributed by atoms with E-state index in [1.807, 2.05) is 6.07 Å². The Labute approximate surface area is 150 Å². The van der Waals surface area contributed by atoms with Crippen molar-refractivity contribution in [3.8, 4) is 17.2 Å². The number of nitrogens with zero attached hydrogens (tertiary/aromatic N) is 3. The third-order valence-corrected chi connectivity index (χ3v) is 3.78. The molecule has 0 fully saturated rings. The summed E-state index contributed by atoms with van der Waals surface area (Å²) >= 11 is 6.11. The molecule has 0 spiro atoms. The fraction of sp³-hybridized carbons (Fsp3) is 0.211. The van der Waals surface area contributed by atoms with Gasteiger partial charge in [0.1, 0.15) is 11.2 Å². The number of aromatic nitrogens is 2. The van der Waals surface area contributed by atoms with Crippen molar-refractivity contribution in [2.24, 2.45) is 0 Å². The van der Waals surface area contributed by atoms with Crippen molar-refractivity contribution in [1.29, 1.82) is 5.26 Å². The largest absolute Gasteiger partial charge is 0.443 e. The predicted octanol–water partition coefficient (Wildman–Crippen LogP) is 5.01. The van der Waals surface area contributed by atoms with Gasteiger partial charge in [-0.1, -0.05) is 11.6 Å². The Bertz CT molecular complexity index is 1010. The fourth-order valence-electron chi connectivity index (χ4n) is 2.56. The third kappa shape index (κ3) is 3.35. The number of benzene rings is 1. The lowest BCUT2D eigenvalue weighted by Gasteiger charge is -2.19. The van der Waals surface area contributed by atoms with Crippen LogP contribution < -0.4 is 0 Å². The Morgan fingerprint density at radius 2 is 2.04 bits per heavy atom. The van der Waals surface area contributed by atoms with Gasteiger partial charge in [-0.05, 0) is 51.1 Å². The smallest absolute Gasteiger partial charge is 0.420 e. The first-order chi connectivity index (χ1) is 11.8. The first-order valence-corrected chi connectivity index (χ1v) is 8.07. The Kier molecular flexibility index (Phi) is 4.23. The summed E-state index contributed by atoms with van der Waals surface area (Å²) in [6.07, 6.45) is 2.72. The average Bonchev–Trinajstić information content (AvgIpc) is 2.93. The zero-order chi connectivity index (χ0) is 18.2. The second-order valence-electron chi connectivity index (χ2n) is 6.57. The molecule has 0 atom stereocenters. The molecule has 1 aromatic carbocycles. The SMILES string of the molecule is CC(C)(C)OC(=O)n1cc(-c2cc(Cl)ccc2C#N)c2cccnc21. The summed E-state index contributed by atoms with van der Waals surface area (Å²) in [5.74, 6) is 0. The Morgan fingerprint density at radius 3 is 2.72 bits per heavy atom. The van der Waals surface area contributed by atoms with E-state index >= 15 is 0 Å². The molecule has 0 bridgehead atoms. The van der Waals surface area contributed by atoms with Gasteiger partial charge in [-0.15, -0.1) is 0 Å². The van der Waals surface area contributed by atoms with Crippen LogP contribution in [-0.4, -0.2) is 21.2 Å². The van der Waals surface area contributed by atoms with Crippen molar-refractivity contribution >= 4 is 28.7 Å². The maximum absolute atomic E-state index is 12.6. The Balaban J connectivity index is 2.24. The van der Waals surface area contributed by atoms with E-state index in [1.165, 1.54) is 4.57 Å². The minimum Gasteiger partial charge on any atom is -0.443 e. The maximum Gasteiger partial charge on any atom is 0.420 e. The standard InChI is InChI=1S/C19H16ClN3O2/c1-19(2,3)25-18(24)23-11-16(14-5-4-8-22-17(14)23)15-9-13(20)7-6-12(15)10-21/h4-9,11H,1-3H3. The number of carbonyl (C=O) groups excluding carboxylic acids is 1. The molecule has 2 aromatic heterocycles. The molecule has 3 rings (SSSR count). The molecule has 0 N–H and O–H groups in total. The van der Waals surface area contributed by atoms with Crippen molar-refractivity contribution in [2.45, 2.75) is 26.4 Å². The summed E-state index contributed by atoms with van der Waals surface area (Å²) in [6.45, 7) is 5.40. The van der Waals surface area contributed by atoms with Gasteiger partial charge in [0, 0.05) is 33.9 Å². The molecule has 126 valence electrons. The van der Waals surface area contributed by atoms with Gasteiger partial charge in [-0.3, -0.25) is 0 Å². The predicted molar refractivity (Wildman–Crippen MR) is 96.5 cm³/mol. The molecule has 0 amide bonds. The van der Waals surface area contributed by atoms with Crippen LogP contribution in [0, 0.1) is 11.3 Å². The molecule has 0 aliphatic rings. The highest BCUT2D eigenvalue weighted by Crippen LogP contribution is 2.33. The van der Waals surface area contributed by atoms with E-state index in [2.05, 4.69) is 11.1 Å². The average molecular weight is 354 g/mol. The van der Waals surface area contributed by atoms with Crippen molar-refractivity contribution in [3.05, 3.63) is 53.3 Å². The second-order valence-corrected chi connectivity index (χ2v) is 7.01. The zero-order valence-electron chi connectivity index (χ0n) is 14.1. The lowest BCUT2D eigenvalue weighted by atomic mass is 10.0. The minimum absolute atomic E-state index is 0.468. The lowest BCUT2D eigenvalue weighted by Crippen LogP contribution is -2.26. The molecule has 0 saturated carbocycles. The van der Waals surface area contributed by atoms with Crippen LogP contribution in [-0.2, 0) is 4.74 Å². The first kappa shape index (κ1) is 17.0. The number of halogens is 1. The van der Waals surface area contributed by atoms with Crippen LogP contribution in [0.15, 0.2) is 42.7 Å². The molecule has 0 aliphatic carbocycles. The van der Waals surface area contributed by atoms with Crippen LogP contribution in [0.1, 0.15) is 26.3 Å². The van der Waals surface area contributed by atoms with Crippen molar-refractivity contribution in [1.82, 2.24) is 9.55 Å². The molecule has 0 aliphatic heterocycles. The van der Waals surface area contributed by atoms with E-state index in [1.54, 1.807) is 57.4 Å². The van der Waals surface area contributed by atoms with E-state index in [4.69, 9.17) is 16.3 Å². The monoisotopic (exact) mass is 353 g/mol. The van der Waals surface area contributed by atoms with Crippen molar-refractivity contribution in [2.75, 3.05) is 0 Å².